The monoisotopic (exact) mass is 579 g/mol. The summed E-state index contributed by atoms with van der Waals surface area (Å²) < 4.78 is 43.8. The molecule has 41 heavy (non-hydrogen) atoms. The van der Waals surface area contributed by atoms with Crippen molar-refractivity contribution in [1.82, 2.24) is 10.2 Å². The van der Waals surface area contributed by atoms with Crippen LogP contribution in [0.4, 0.5) is 10.1 Å². The fraction of sp³-hybridized carbons (Fsp3) is 0.375. The van der Waals surface area contributed by atoms with E-state index < -0.39 is 34.3 Å². The zero-order valence-corrected chi connectivity index (χ0v) is 24.9. The minimum atomic E-state index is -4.17. The summed E-state index contributed by atoms with van der Waals surface area (Å²) in [5.41, 5.74) is 3.13. The number of anilines is 1. The molecular weight excluding hydrogens is 541 g/mol. The van der Waals surface area contributed by atoms with Crippen LogP contribution in [0, 0.1) is 26.6 Å². The van der Waals surface area contributed by atoms with Gasteiger partial charge >= 0.3 is 0 Å². The Morgan fingerprint density at radius 1 is 0.951 bits per heavy atom. The lowest BCUT2D eigenvalue weighted by molar-refractivity contribution is -0.139. The smallest absolute Gasteiger partial charge is 0.264 e. The van der Waals surface area contributed by atoms with Gasteiger partial charge in [-0.1, -0.05) is 66.4 Å². The van der Waals surface area contributed by atoms with Crippen molar-refractivity contribution in [1.29, 1.82) is 0 Å². The van der Waals surface area contributed by atoms with Crippen LogP contribution < -0.4 is 9.62 Å². The van der Waals surface area contributed by atoms with Crippen LogP contribution in [0.2, 0.25) is 0 Å². The van der Waals surface area contributed by atoms with Gasteiger partial charge in [-0.3, -0.25) is 13.9 Å². The lowest BCUT2D eigenvalue weighted by Crippen LogP contribution is -2.52. The van der Waals surface area contributed by atoms with Gasteiger partial charge in [0.1, 0.15) is 18.4 Å². The molecule has 0 spiro atoms. The second-order valence-electron chi connectivity index (χ2n) is 10.9. The first-order chi connectivity index (χ1) is 19.5. The molecule has 3 aromatic rings. The minimum Gasteiger partial charge on any atom is -0.352 e. The zero-order chi connectivity index (χ0) is 29.7. The SMILES string of the molecule is Cc1ccc(S(=O)(=O)N(CC(=O)N(Cc2ccccc2F)[C@H](C)C(=O)NC2CCCC2)c2ccc(C)cc2C)cc1. The van der Waals surface area contributed by atoms with Crippen molar-refractivity contribution < 1.29 is 22.4 Å². The topological polar surface area (TPSA) is 86.8 Å². The molecule has 1 fully saturated rings. The van der Waals surface area contributed by atoms with Gasteiger partial charge in [0.2, 0.25) is 11.8 Å². The van der Waals surface area contributed by atoms with Crippen molar-refractivity contribution in [2.24, 2.45) is 0 Å². The van der Waals surface area contributed by atoms with E-state index in [9.17, 15) is 22.4 Å². The van der Waals surface area contributed by atoms with Crippen LogP contribution in [-0.2, 0) is 26.2 Å². The number of hydrogen-bond donors (Lipinski definition) is 1. The number of rotatable bonds is 10. The van der Waals surface area contributed by atoms with Gasteiger partial charge in [0, 0.05) is 18.2 Å². The van der Waals surface area contributed by atoms with E-state index in [0.717, 1.165) is 41.1 Å². The largest absolute Gasteiger partial charge is 0.352 e. The molecule has 9 heteroatoms. The van der Waals surface area contributed by atoms with Crippen molar-refractivity contribution in [2.45, 2.75) is 76.9 Å². The number of amides is 2. The number of sulfonamides is 1. The number of aryl methyl sites for hydroxylation is 3. The second-order valence-corrected chi connectivity index (χ2v) is 12.8. The van der Waals surface area contributed by atoms with Crippen LogP contribution >= 0.6 is 0 Å². The van der Waals surface area contributed by atoms with Crippen LogP contribution in [0.15, 0.2) is 71.6 Å². The molecule has 0 bridgehead atoms. The van der Waals surface area contributed by atoms with E-state index in [-0.39, 0.29) is 29.0 Å². The van der Waals surface area contributed by atoms with Crippen LogP contribution in [0.1, 0.15) is 54.9 Å². The number of carbonyl (C=O) groups is 2. The molecule has 1 N–H and O–H groups in total. The number of nitrogens with zero attached hydrogens (tertiary/aromatic N) is 2. The fourth-order valence-corrected chi connectivity index (χ4v) is 6.70. The molecule has 0 saturated heterocycles. The highest BCUT2D eigenvalue weighted by atomic mass is 32.2. The number of halogens is 1. The Morgan fingerprint density at radius 2 is 1.59 bits per heavy atom. The maximum absolute atomic E-state index is 14.7. The molecular formula is C32H38FN3O4S. The third-order valence-electron chi connectivity index (χ3n) is 7.68. The van der Waals surface area contributed by atoms with Crippen LogP contribution in [0.3, 0.4) is 0 Å². The molecule has 1 aliphatic rings. The van der Waals surface area contributed by atoms with Gasteiger partial charge in [0.05, 0.1) is 10.6 Å². The van der Waals surface area contributed by atoms with Gasteiger partial charge in [0.15, 0.2) is 0 Å². The van der Waals surface area contributed by atoms with Gasteiger partial charge in [-0.25, -0.2) is 12.8 Å². The van der Waals surface area contributed by atoms with Crippen LogP contribution in [0.25, 0.3) is 0 Å². The molecule has 0 aliphatic heterocycles. The van der Waals surface area contributed by atoms with E-state index in [1.807, 2.05) is 19.9 Å². The molecule has 218 valence electrons. The molecule has 0 unspecified atom stereocenters. The Bertz CT molecular complexity index is 1500. The average Bonchev–Trinajstić information content (AvgIpc) is 3.44. The Labute approximate surface area is 242 Å². The van der Waals surface area contributed by atoms with Crippen molar-refractivity contribution in [3.63, 3.8) is 0 Å². The Balaban J connectivity index is 1.72. The van der Waals surface area contributed by atoms with E-state index in [1.165, 1.54) is 23.1 Å². The van der Waals surface area contributed by atoms with Crippen molar-refractivity contribution in [3.8, 4) is 0 Å². The molecule has 7 nitrogen and oxygen atoms in total. The molecule has 4 rings (SSSR count). The molecule has 0 heterocycles. The van der Waals surface area contributed by atoms with Gasteiger partial charge in [-0.2, -0.15) is 0 Å². The summed E-state index contributed by atoms with van der Waals surface area (Å²) in [7, 11) is -4.17. The molecule has 3 aromatic carbocycles. The number of hydrogen-bond acceptors (Lipinski definition) is 4. The summed E-state index contributed by atoms with van der Waals surface area (Å²) in [6.07, 6.45) is 3.79. The number of benzene rings is 3. The first kappa shape index (κ1) is 30.2. The Kier molecular flexibility index (Phi) is 9.48. The van der Waals surface area contributed by atoms with Crippen molar-refractivity contribution in [2.75, 3.05) is 10.8 Å². The van der Waals surface area contributed by atoms with Crippen molar-refractivity contribution >= 4 is 27.5 Å². The molecule has 2 amide bonds. The Morgan fingerprint density at radius 3 is 2.22 bits per heavy atom. The molecule has 0 radical (unpaired) electrons. The van der Waals surface area contributed by atoms with E-state index in [0.29, 0.717) is 11.3 Å². The predicted molar refractivity (Wildman–Crippen MR) is 158 cm³/mol. The van der Waals surface area contributed by atoms with Gasteiger partial charge in [-0.15, -0.1) is 0 Å². The Hall–Kier alpha value is -3.72. The minimum absolute atomic E-state index is 0.0315. The van der Waals surface area contributed by atoms with E-state index in [2.05, 4.69) is 5.32 Å². The first-order valence-electron chi connectivity index (χ1n) is 14.0. The van der Waals surface area contributed by atoms with Gasteiger partial charge in [-0.05, 0) is 70.4 Å². The quantitative estimate of drug-likeness (QED) is 0.348. The van der Waals surface area contributed by atoms with Crippen molar-refractivity contribution in [3.05, 3.63) is 94.8 Å². The molecule has 0 aromatic heterocycles. The maximum Gasteiger partial charge on any atom is 0.264 e. The number of nitrogens with one attached hydrogen (secondary N) is 1. The van der Waals surface area contributed by atoms with Gasteiger partial charge < -0.3 is 10.2 Å². The summed E-state index contributed by atoms with van der Waals surface area (Å²) in [4.78, 5) is 28.7. The average molecular weight is 580 g/mol. The van der Waals surface area contributed by atoms with E-state index in [4.69, 9.17) is 0 Å². The summed E-state index contributed by atoms with van der Waals surface area (Å²) in [6.45, 7) is 6.41. The second kappa shape index (κ2) is 12.9. The first-order valence-corrected chi connectivity index (χ1v) is 15.4. The standard InChI is InChI=1S/C32H38FN3O4S/c1-22-13-16-28(17-14-22)41(39,40)36(30-18-15-23(2)19-24(30)3)21-31(37)35(20-26-9-5-8-12-29(26)33)25(4)32(38)34-27-10-6-7-11-27/h5,8-9,12-19,25,27H,6-7,10-11,20-21H2,1-4H3,(H,34,38)/t25-/m1/s1. The van der Waals surface area contributed by atoms with Crippen LogP contribution in [-0.4, -0.2) is 43.8 Å². The van der Waals surface area contributed by atoms with Gasteiger partial charge in [0.25, 0.3) is 10.0 Å². The third-order valence-corrected chi connectivity index (χ3v) is 9.45. The third kappa shape index (κ3) is 7.14. The summed E-state index contributed by atoms with van der Waals surface area (Å²) >= 11 is 0. The summed E-state index contributed by atoms with van der Waals surface area (Å²) in [5, 5.41) is 3.02. The highest BCUT2D eigenvalue weighted by molar-refractivity contribution is 7.92. The van der Waals surface area contributed by atoms with E-state index in [1.54, 1.807) is 56.3 Å². The van der Waals surface area contributed by atoms with Crippen LogP contribution in [0.5, 0.6) is 0 Å². The molecule has 1 atom stereocenters. The number of carbonyl (C=O) groups excluding carboxylic acids is 2. The normalized spacial score (nSPS) is 14.5. The molecule has 1 saturated carbocycles. The summed E-state index contributed by atoms with van der Waals surface area (Å²) in [5.74, 6) is -1.47. The maximum atomic E-state index is 14.7. The lowest BCUT2D eigenvalue weighted by atomic mass is 10.1. The zero-order valence-electron chi connectivity index (χ0n) is 24.1. The summed E-state index contributed by atoms with van der Waals surface area (Å²) in [6, 6.07) is 16.9. The highest BCUT2D eigenvalue weighted by Crippen LogP contribution is 2.28. The highest BCUT2D eigenvalue weighted by Gasteiger charge is 2.34. The predicted octanol–water partition coefficient (Wildman–Crippen LogP) is 5.42. The van der Waals surface area contributed by atoms with E-state index >= 15 is 0 Å². The fourth-order valence-electron chi connectivity index (χ4n) is 5.22. The lowest BCUT2D eigenvalue weighted by Gasteiger charge is -2.33. The molecule has 1 aliphatic carbocycles.